The van der Waals surface area contributed by atoms with Crippen molar-refractivity contribution in [3.63, 3.8) is 0 Å². The third-order valence-corrected chi connectivity index (χ3v) is 1.90. The van der Waals surface area contributed by atoms with Gasteiger partial charge in [0.1, 0.15) is 0 Å². The minimum absolute atomic E-state index is 0.335. The summed E-state index contributed by atoms with van der Waals surface area (Å²) in [5.41, 5.74) is 0.922. The van der Waals surface area contributed by atoms with Gasteiger partial charge in [0.2, 0.25) is 0 Å². The highest BCUT2D eigenvalue weighted by Crippen LogP contribution is 2.17. The Morgan fingerprint density at radius 2 is 2.42 bits per heavy atom. The minimum atomic E-state index is -0.335. The third kappa shape index (κ3) is 2.62. The highest BCUT2D eigenvalue weighted by Gasteiger charge is 2.05. The molecule has 0 aliphatic heterocycles. The molecular weight excluding hydrogens is 150 g/mol. The Labute approximate surface area is 73.3 Å². The zero-order chi connectivity index (χ0) is 8.81. The van der Waals surface area contributed by atoms with E-state index in [0.717, 1.165) is 24.8 Å². The predicted octanol–water partition coefficient (Wildman–Crippen LogP) is 2.31. The van der Waals surface area contributed by atoms with E-state index >= 15 is 0 Å². The van der Waals surface area contributed by atoms with Gasteiger partial charge in [0.25, 0.3) is 0 Å². The zero-order valence-corrected chi connectivity index (χ0v) is 7.40. The van der Waals surface area contributed by atoms with Gasteiger partial charge in [0.15, 0.2) is 0 Å². The van der Waals surface area contributed by atoms with Crippen molar-refractivity contribution in [3.8, 4) is 0 Å². The van der Waals surface area contributed by atoms with Crippen LogP contribution in [-0.4, -0.2) is 10.1 Å². The summed E-state index contributed by atoms with van der Waals surface area (Å²) in [6, 6.07) is 3.76. The highest BCUT2D eigenvalue weighted by molar-refractivity contribution is 5.11. The third-order valence-electron chi connectivity index (χ3n) is 1.90. The summed E-state index contributed by atoms with van der Waals surface area (Å²) in [7, 11) is 0. The summed E-state index contributed by atoms with van der Waals surface area (Å²) in [6.45, 7) is 2.12. The van der Waals surface area contributed by atoms with Gasteiger partial charge in [-0.25, -0.2) is 0 Å². The molecule has 0 radical (unpaired) electrons. The molecule has 0 saturated heterocycles. The molecule has 1 N–H and O–H groups in total. The smallest absolute Gasteiger partial charge is 0.0804 e. The summed E-state index contributed by atoms with van der Waals surface area (Å²) >= 11 is 0. The van der Waals surface area contributed by atoms with Gasteiger partial charge in [0, 0.05) is 12.4 Å². The Hall–Kier alpha value is -0.890. The van der Waals surface area contributed by atoms with Crippen molar-refractivity contribution in [1.82, 2.24) is 4.98 Å². The van der Waals surface area contributed by atoms with Gasteiger partial charge in [-0.15, -0.1) is 0 Å². The Kier molecular flexibility index (Phi) is 3.74. The van der Waals surface area contributed by atoms with Crippen molar-refractivity contribution < 1.29 is 5.11 Å². The minimum Gasteiger partial charge on any atom is -0.388 e. The van der Waals surface area contributed by atoms with Crippen molar-refractivity contribution in [2.45, 2.75) is 32.3 Å². The molecule has 0 aliphatic carbocycles. The van der Waals surface area contributed by atoms with Crippen LogP contribution in [0.2, 0.25) is 0 Å². The van der Waals surface area contributed by atoms with Crippen molar-refractivity contribution in [3.05, 3.63) is 30.1 Å². The number of aliphatic hydroxyl groups excluding tert-OH is 1. The lowest BCUT2D eigenvalue weighted by Crippen LogP contribution is -1.96. The first-order valence-electron chi connectivity index (χ1n) is 4.42. The summed E-state index contributed by atoms with van der Waals surface area (Å²) < 4.78 is 0. The van der Waals surface area contributed by atoms with E-state index in [-0.39, 0.29) is 6.10 Å². The monoisotopic (exact) mass is 165 g/mol. The molecule has 1 heterocycles. The van der Waals surface area contributed by atoms with Crippen LogP contribution in [0, 0.1) is 0 Å². The van der Waals surface area contributed by atoms with E-state index in [1.807, 2.05) is 12.1 Å². The van der Waals surface area contributed by atoms with Crippen LogP contribution in [0.25, 0.3) is 0 Å². The van der Waals surface area contributed by atoms with Crippen molar-refractivity contribution in [1.29, 1.82) is 0 Å². The Bertz CT molecular complexity index is 210. The zero-order valence-electron chi connectivity index (χ0n) is 7.40. The molecule has 0 bridgehead atoms. The topological polar surface area (TPSA) is 33.1 Å². The normalized spacial score (nSPS) is 12.8. The average Bonchev–Trinajstić information content (AvgIpc) is 2.15. The van der Waals surface area contributed by atoms with Crippen LogP contribution < -0.4 is 0 Å². The van der Waals surface area contributed by atoms with Gasteiger partial charge < -0.3 is 5.11 Å². The van der Waals surface area contributed by atoms with Gasteiger partial charge in [-0.3, -0.25) is 4.98 Å². The van der Waals surface area contributed by atoms with E-state index in [4.69, 9.17) is 0 Å². The molecule has 1 aromatic rings. The lowest BCUT2D eigenvalue weighted by atomic mass is 10.1. The standard InChI is InChI=1S/C10H15NO/c1-2-3-6-10(12)9-5-4-7-11-8-9/h4-5,7-8,10,12H,2-3,6H2,1H3/t10-/m0/s1. The van der Waals surface area contributed by atoms with Crippen LogP contribution in [0.15, 0.2) is 24.5 Å². The molecule has 0 fully saturated rings. The molecule has 66 valence electrons. The molecule has 0 aliphatic rings. The van der Waals surface area contributed by atoms with E-state index in [1.165, 1.54) is 0 Å². The van der Waals surface area contributed by atoms with Crippen LogP contribution in [0.1, 0.15) is 37.9 Å². The lowest BCUT2D eigenvalue weighted by molar-refractivity contribution is 0.164. The van der Waals surface area contributed by atoms with Crippen LogP contribution in [0.3, 0.4) is 0 Å². The second-order valence-electron chi connectivity index (χ2n) is 2.94. The summed E-state index contributed by atoms with van der Waals surface area (Å²) in [6.07, 6.45) is 6.13. The maximum Gasteiger partial charge on any atom is 0.0804 e. The van der Waals surface area contributed by atoms with Crippen molar-refractivity contribution in [2.24, 2.45) is 0 Å². The Morgan fingerprint density at radius 1 is 1.58 bits per heavy atom. The van der Waals surface area contributed by atoms with Gasteiger partial charge in [-0.1, -0.05) is 25.8 Å². The van der Waals surface area contributed by atoms with Crippen molar-refractivity contribution >= 4 is 0 Å². The fourth-order valence-electron chi connectivity index (χ4n) is 1.14. The van der Waals surface area contributed by atoms with Gasteiger partial charge in [-0.2, -0.15) is 0 Å². The molecule has 1 atom stereocenters. The molecule has 2 heteroatoms. The summed E-state index contributed by atoms with van der Waals surface area (Å²) in [5.74, 6) is 0. The van der Waals surface area contributed by atoms with E-state index in [2.05, 4.69) is 11.9 Å². The maximum absolute atomic E-state index is 9.61. The molecule has 0 unspecified atom stereocenters. The number of hydrogen-bond acceptors (Lipinski definition) is 2. The SMILES string of the molecule is CCCC[C@H](O)c1cccnc1. The Morgan fingerprint density at radius 3 is 3.00 bits per heavy atom. The largest absolute Gasteiger partial charge is 0.388 e. The van der Waals surface area contributed by atoms with Crippen molar-refractivity contribution in [2.75, 3.05) is 0 Å². The fraction of sp³-hybridized carbons (Fsp3) is 0.500. The highest BCUT2D eigenvalue weighted by atomic mass is 16.3. The number of rotatable bonds is 4. The molecule has 1 rings (SSSR count). The molecule has 2 nitrogen and oxygen atoms in total. The number of pyridine rings is 1. The first kappa shape index (κ1) is 9.20. The average molecular weight is 165 g/mol. The first-order valence-corrected chi connectivity index (χ1v) is 4.42. The number of aromatic nitrogens is 1. The fourth-order valence-corrected chi connectivity index (χ4v) is 1.14. The lowest BCUT2D eigenvalue weighted by Gasteiger charge is -2.08. The van der Waals surface area contributed by atoms with E-state index in [1.54, 1.807) is 12.4 Å². The quantitative estimate of drug-likeness (QED) is 0.742. The second-order valence-corrected chi connectivity index (χ2v) is 2.94. The van der Waals surface area contributed by atoms with Gasteiger partial charge in [-0.05, 0) is 18.1 Å². The molecule has 1 aromatic heterocycles. The number of hydrogen-bond donors (Lipinski definition) is 1. The van der Waals surface area contributed by atoms with Gasteiger partial charge in [0.05, 0.1) is 6.10 Å². The molecule has 0 spiro atoms. The number of nitrogens with zero attached hydrogens (tertiary/aromatic N) is 1. The van der Waals surface area contributed by atoms with Crippen LogP contribution in [0.5, 0.6) is 0 Å². The maximum atomic E-state index is 9.61. The summed E-state index contributed by atoms with van der Waals surface area (Å²) in [5, 5.41) is 9.61. The van der Waals surface area contributed by atoms with E-state index < -0.39 is 0 Å². The molecule has 12 heavy (non-hydrogen) atoms. The molecule has 0 saturated carbocycles. The molecular formula is C10H15NO. The first-order chi connectivity index (χ1) is 5.84. The van der Waals surface area contributed by atoms with Gasteiger partial charge >= 0.3 is 0 Å². The summed E-state index contributed by atoms with van der Waals surface area (Å²) in [4.78, 5) is 3.95. The van der Waals surface area contributed by atoms with E-state index in [9.17, 15) is 5.11 Å². The van der Waals surface area contributed by atoms with Crippen LogP contribution in [0.4, 0.5) is 0 Å². The predicted molar refractivity (Wildman–Crippen MR) is 48.7 cm³/mol. The van der Waals surface area contributed by atoms with E-state index in [0.29, 0.717) is 0 Å². The van der Waals surface area contributed by atoms with Crippen LogP contribution in [-0.2, 0) is 0 Å². The Balaban J connectivity index is 2.48. The van der Waals surface area contributed by atoms with Crippen LogP contribution >= 0.6 is 0 Å². The number of aliphatic hydroxyl groups is 1. The number of unbranched alkanes of at least 4 members (excludes halogenated alkanes) is 1. The molecule has 0 amide bonds. The second kappa shape index (κ2) is 4.88. The molecule has 0 aromatic carbocycles.